The molecule has 20 heavy (non-hydrogen) atoms. The van der Waals surface area contributed by atoms with Crippen LogP contribution >= 0.6 is 0 Å². The summed E-state index contributed by atoms with van der Waals surface area (Å²) in [7, 11) is 0. The predicted octanol–water partition coefficient (Wildman–Crippen LogP) is 2.91. The average Bonchev–Trinajstić information content (AvgIpc) is 2.47. The van der Waals surface area contributed by atoms with E-state index in [1.54, 1.807) is 16.8 Å². The number of aromatic nitrogens is 1. The molecule has 98 valence electrons. The number of hydrogen-bond donors (Lipinski definition) is 1. The normalized spacial score (nSPS) is 10.4. The Morgan fingerprint density at radius 1 is 1.00 bits per heavy atom. The summed E-state index contributed by atoms with van der Waals surface area (Å²) in [6, 6.07) is 16.4. The van der Waals surface area contributed by atoms with E-state index < -0.39 is 4.92 Å². The molecule has 0 radical (unpaired) electrons. The van der Waals surface area contributed by atoms with Crippen LogP contribution < -0.4 is 10.1 Å². The molecule has 2 aromatic carbocycles. The summed E-state index contributed by atoms with van der Waals surface area (Å²) in [5.41, 5.74) is 3.84. The Morgan fingerprint density at radius 2 is 1.80 bits per heavy atom. The van der Waals surface area contributed by atoms with Crippen molar-refractivity contribution in [1.29, 1.82) is 0 Å². The number of nitrogens with zero attached hydrogens (tertiary/aromatic N) is 2. The molecular formula is C15H12N3O2+. The summed E-state index contributed by atoms with van der Waals surface area (Å²) in [6.07, 6.45) is 3.81. The molecule has 3 rings (SSSR count). The van der Waals surface area contributed by atoms with Crippen molar-refractivity contribution in [3.05, 3.63) is 77.1 Å². The SMILES string of the molecule is O=[N+]([O-])c1cccc(N[n+]2ccc3ccccc3c2)c1. The number of non-ortho nitro benzene ring substituents is 1. The Balaban J connectivity index is 1.92. The molecule has 3 aromatic rings. The standard InChI is InChI=1S/C15H12N3O2/c19-18(20)15-7-3-6-14(10-15)16-17-9-8-12-4-1-2-5-13(12)11-17/h1-11,16H/q+1. The van der Waals surface area contributed by atoms with Crippen molar-refractivity contribution in [2.24, 2.45) is 0 Å². The lowest BCUT2D eigenvalue weighted by Gasteiger charge is -2.01. The van der Waals surface area contributed by atoms with E-state index >= 15 is 0 Å². The Morgan fingerprint density at radius 3 is 2.60 bits per heavy atom. The van der Waals surface area contributed by atoms with Crippen molar-refractivity contribution in [1.82, 2.24) is 0 Å². The lowest BCUT2D eigenvalue weighted by Crippen LogP contribution is -2.41. The molecule has 0 aliphatic heterocycles. The number of pyridine rings is 1. The molecule has 0 aliphatic rings. The summed E-state index contributed by atoms with van der Waals surface area (Å²) in [5.74, 6) is 0. The summed E-state index contributed by atoms with van der Waals surface area (Å²) in [6.45, 7) is 0. The fourth-order valence-corrected chi connectivity index (χ4v) is 2.04. The van der Waals surface area contributed by atoms with Crippen LogP contribution in [0.3, 0.4) is 0 Å². The molecule has 1 heterocycles. The summed E-state index contributed by atoms with van der Waals surface area (Å²) < 4.78 is 1.78. The molecule has 0 fully saturated rings. The van der Waals surface area contributed by atoms with Gasteiger partial charge in [-0.3, -0.25) is 10.1 Å². The summed E-state index contributed by atoms with van der Waals surface area (Å²) >= 11 is 0. The minimum Gasteiger partial charge on any atom is -0.258 e. The first-order valence-corrected chi connectivity index (χ1v) is 6.14. The number of fused-ring (bicyclic) bond motifs is 1. The van der Waals surface area contributed by atoms with Gasteiger partial charge in [-0.25, -0.2) is 0 Å². The molecule has 0 amide bonds. The molecule has 0 saturated heterocycles. The molecule has 5 heteroatoms. The maximum Gasteiger partial charge on any atom is 0.271 e. The molecule has 1 N–H and O–H groups in total. The fourth-order valence-electron chi connectivity index (χ4n) is 2.04. The first-order valence-electron chi connectivity index (χ1n) is 6.14. The number of nitrogens with one attached hydrogen (secondary N) is 1. The van der Waals surface area contributed by atoms with Gasteiger partial charge >= 0.3 is 0 Å². The van der Waals surface area contributed by atoms with E-state index in [0.717, 1.165) is 10.8 Å². The zero-order chi connectivity index (χ0) is 13.9. The van der Waals surface area contributed by atoms with Crippen LogP contribution in [0, 0.1) is 10.1 Å². The van der Waals surface area contributed by atoms with Crippen LogP contribution in [-0.2, 0) is 0 Å². The van der Waals surface area contributed by atoms with Gasteiger partial charge in [0.2, 0.25) is 6.20 Å². The molecule has 0 spiro atoms. The van der Waals surface area contributed by atoms with Gasteiger partial charge in [0.15, 0.2) is 6.20 Å². The van der Waals surface area contributed by atoms with Crippen LogP contribution in [0.4, 0.5) is 11.4 Å². The first-order chi connectivity index (χ1) is 9.72. The van der Waals surface area contributed by atoms with Crippen molar-refractivity contribution >= 4 is 22.1 Å². The molecule has 0 saturated carbocycles. The maximum atomic E-state index is 10.8. The Kier molecular flexibility index (Phi) is 3.01. The van der Waals surface area contributed by atoms with Gasteiger partial charge in [-0.2, -0.15) is 5.43 Å². The molecule has 0 aliphatic carbocycles. The van der Waals surface area contributed by atoms with E-state index in [2.05, 4.69) is 5.43 Å². The van der Waals surface area contributed by atoms with Crippen molar-refractivity contribution in [3.63, 3.8) is 0 Å². The quantitative estimate of drug-likeness (QED) is 0.450. The van der Waals surface area contributed by atoms with E-state index in [4.69, 9.17) is 0 Å². The Labute approximate surface area is 115 Å². The third-order valence-electron chi connectivity index (χ3n) is 3.00. The van der Waals surface area contributed by atoms with Gasteiger partial charge in [-0.05, 0) is 17.5 Å². The second kappa shape index (κ2) is 4.97. The minimum absolute atomic E-state index is 0.0661. The van der Waals surface area contributed by atoms with E-state index in [1.807, 2.05) is 42.7 Å². The number of nitro benzene ring substituents is 1. The molecule has 5 nitrogen and oxygen atoms in total. The highest BCUT2D eigenvalue weighted by molar-refractivity contribution is 5.80. The number of anilines is 1. The smallest absolute Gasteiger partial charge is 0.258 e. The largest absolute Gasteiger partial charge is 0.271 e. The van der Waals surface area contributed by atoms with Gasteiger partial charge in [0, 0.05) is 23.6 Å². The molecule has 0 unspecified atom stereocenters. The molecule has 1 aromatic heterocycles. The number of benzene rings is 2. The first kappa shape index (κ1) is 12.1. The lowest BCUT2D eigenvalue weighted by molar-refractivity contribution is -0.641. The topological polar surface area (TPSA) is 59.1 Å². The van der Waals surface area contributed by atoms with E-state index in [9.17, 15) is 10.1 Å². The van der Waals surface area contributed by atoms with Crippen LogP contribution in [0.15, 0.2) is 67.0 Å². The molecule has 0 bridgehead atoms. The Bertz CT molecular complexity index is 787. The van der Waals surface area contributed by atoms with Crippen LogP contribution in [0.2, 0.25) is 0 Å². The predicted molar refractivity (Wildman–Crippen MR) is 76.3 cm³/mol. The van der Waals surface area contributed by atoms with Crippen molar-refractivity contribution in [2.75, 3.05) is 5.43 Å². The maximum absolute atomic E-state index is 10.8. The number of rotatable bonds is 3. The van der Waals surface area contributed by atoms with Gasteiger partial charge < -0.3 is 0 Å². The van der Waals surface area contributed by atoms with Gasteiger partial charge in [-0.1, -0.05) is 28.9 Å². The fraction of sp³-hybridized carbons (Fsp3) is 0. The molecular weight excluding hydrogens is 254 g/mol. The van der Waals surface area contributed by atoms with Crippen LogP contribution in [0.25, 0.3) is 10.8 Å². The summed E-state index contributed by atoms with van der Waals surface area (Å²) in [5, 5.41) is 13.0. The highest BCUT2D eigenvalue weighted by Gasteiger charge is 2.08. The van der Waals surface area contributed by atoms with E-state index in [1.165, 1.54) is 12.1 Å². The summed E-state index contributed by atoms with van der Waals surface area (Å²) in [4.78, 5) is 10.3. The zero-order valence-corrected chi connectivity index (χ0v) is 10.6. The van der Waals surface area contributed by atoms with Gasteiger partial charge in [0.1, 0.15) is 5.69 Å². The van der Waals surface area contributed by atoms with Gasteiger partial charge in [0.25, 0.3) is 5.69 Å². The van der Waals surface area contributed by atoms with Crippen molar-refractivity contribution in [2.45, 2.75) is 0 Å². The number of hydrogen-bond acceptors (Lipinski definition) is 3. The second-order valence-corrected chi connectivity index (χ2v) is 4.40. The molecule has 0 atom stereocenters. The monoisotopic (exact) mass is 266 g/mol. The van der Waals surface area contributed by atoms with Gasteiger partial charge in [0.05, 0.1) is 4.92 Å². The van der Waals surface area contributed by atoms with E-state index in [0.29, 0.717) is 5.69 Å². The number of nitro groups is 1. The lowest BCUT2D eigenvalue weighted by atomic mass is 10.2. The average molecular weight is 266 g/mol. The van der Waals surface area contributed by atoms with Crippen molar-refractivity contribution < 1.29 is 9.60 Å². The zero-order valence-electron chi connectivity index (χ0n) is 10.6. The van der Waals surface area contributed by atoms with Crippen molar-refractivity contribution in [3.8, 4) is 0 Å². The third kappa shape index (κ3) is 2.42. The third-order valence-corrected chi connectivity index (χ3v) is 3.00. The Hall–Kier alpha value is -2.95. The highest BCUT2D eigenvalue weighted by Crippen LogP contribution is 2.16. The minimum atomic E-state index is -0.407. The van der Waals surface area contributed by atoms with Gasteiger partial charge in [-0.15, -0.1) is 0 Å². The highest BCUT2D eigenvalue weighted by atomic mass is 16.6. The van der Waals surface area contributed by atoms with Crippen LogP contribution in [-0.4, -0.2) is 4.92 Å². The van der Waals surface area contributed by atoms with Crippen LogP contribution in [0.5, 0.6) is 0 Å². The van der Waals surface area contributed by atoms with E-state index in [-0.39, 0.29) is 5.69 Å². The second-order valence-electron chi connectivity index (χ2n) is 4.40. The van der Waals surface area contributed by atoms with Crippen LogP contribution in [0.1, 0.15) is 0 Å².